The van der Waals surface area contributed by atoms with Crippen molar-refractivity contribution in [3.63, 3.8) is 0 Å². The van der Waals surface area contributed by atoms with Crippen molar-refractivity contribution in [3.8, 4) is 0 Å². The van der Waals surface area contributed by atoms with Gasteiger partial charge in [-0.2, -0.15) is 0 Å². The first kappa shape index (κ1) is 13.0. The van der Waals surface area contributed by atoms with Crippen LogP contribution in [-0.4, -0.2) is 23.6 Å². The van der Waals surface area contributed by atoms with Crippen molar-refractivity contribution in [3.05, 3.63) is 28.0 Å². The summed E-state index contributed by atoms with van der Waals surface area (Å²) in [7, 11) is 0. The second-order valence-corrected chi connectivity index (χ2v) is 5.35. The average Bonchev–Trinajstić information content (AvgIpc) is 2.76. The van der Waals surface area contributed by atoms with Crippen LogP contribution in [0.2, 0.25) is 10.0 Å². The minimum absolute atomic E-state index is 0.0917. The van der Waals surface area contributed by atoms with E-state index in [1.807, 2.05) is 0 Å². The number of thioether (sulfide) groups is 1. The van der Waals surface area contributed by atoms with Crippen LogP contribution in [0.15, 0.2) is 12.1 Å². The van der Waals surface area contributed by atoms with E-state index in [4.69, 9.17) is 23.2 Å². The molecule has 1 aromatic carbocycles. The molecule has 1 saturated heterocycles. The number of rotatable bonds is 2. The molecular formula is C10H9Cl2FN2OS. The summed E-state index contributed by atoms with van der Waals surface area (Å²) in [6, 6.07) is 1.96. The van der Waals surface area contributed by atoms with Gasteiger partial charge in [0.25, 0.3) is 0 Å². The van der Waals surface area contributed by atoms with Crippen molar-refractivity contribution in [1.82, 2.24) is 5.32 Å². The minimum Gasteiger partial charge on any atom is -0.322 e. The first-order chi connectivity index (χ1) is 8.08. The van der Waals surface area contributed by atoms with Gasteiger partial charge in [-0.15, -0.1) is 11.8 Å². The molecule has 1 atom stereocenters. The number of amides is 1. The number of carbonyl (C=O) groups is 1. The molecule has 0 bridgehead atoms. The maximum absolute atomic E-state index is 12.9. The summed E-state index contributed by atoms with van der Waals surface area (Å²) in [5, 5.41) is 5.80. The SMILES string of the molecule is O=C(Nc1c(Cl)cc(F)cc1Cl)C1CSCN1. The number of halogens is 3. The zero-order chi connectivity index (χ0) is 12.4. The predicted octanol–water partition coefficient (Wildman–Crippen LogP) is 2.73. The van der Waals surface area contributed by atoms with Crippen LogP contribution in [0.5, 0.6) is 0 Å². The van der Waals surface area contributed by atoms with Gasteiger partial charge < -0.3 is 5.32 Å². The van der Waals surface area contributed by atoms with Crippen LogP contribution in [0, 0.1) is 5.82 Å². The number of nitrogens with one attached hydrogen (secondary N) is 2. The van der Waals surface area contributed by atoms with E-state index in [9.17, 15) is 9.18 Å². The van der Waals surface area contributed by atoms with Crippen molar-refractivity contribution in [2.45, 2.75) is 6.04 Å². The molecule has 0 radical (unpaired) electrons. The fourth-order valence-electron chi connectivity index (χ4n) is 1.44. The lowest BCUT2D eigenvalue weighted by Gasteiger charge is -2.13. The van der Waals surface area contributed by atoms with Crippen LogP contribution >= 0.6 is 35.0 Å². The van der Waals surface area contributed by atoms with E-state index in [0.717, 1.165) is 18.0 Å². The quantitative estimate of drug-likeness (QED) is 0.881. The lowest BCUT2D eigenvalue weighted by atomic mass is 10.2. The van der Waals surface area contributed by atoms with E-state index in [1.165, 1.54) is 0 Å². The molecule has 92 valence electrons. The first-order valence-electron chi connectivity index (χ1n) is 4.84. The van der Waals surface area contributed by atoms with Crippen molar-refractivity contribution in [2.75, 3.05) is 16.9 Å². The molecule has 1 unspecified atom stereocenters. The zero-order valence-electron chi connectivity index (χ0n) is 8.60. The third-order valence-corrected chi connectivity index (χ3v) is 3.82. The fraction of sp³-hybridized carbons (Fsp3) is 0.300. The lowest BCUT2D eigenvalue weighted by Crippen LogP contribution is -2.37. The highest BCUT2D eigenvalue weighted by atomic mass is 35.5. The Hall–Kier alpha value is -0.490. The molecule has 0 aliphatic carbocycles. The van der Waals surface area contributed by atoms with Crippen LogP contribution < -0.4 is 10.6 Å². The molecule has 1 heterocycles. The average molecular weight is 295 g/mol. The molecule has 3 nitrogen and oxygen atoms in total. The molecule has 1 aliphatic rings. The van der Waals surface area contributed by atoms with Gasteiger partial charge in [0.05, 0.1) is 21.8 Å². The maximum atomic E-state index is 12.9. The molecule has 7 heteroatoms. The Morgan fingerprint density at radius 2 is 2.12 bits per heavy atom. The molecule has 1 aliphatic heterocycles. The van der Waals surface area contributed by atoms with Crippen molar-refractivity contribution >= 4 is 46.6 Å². The van der Waals surface area contributed by atoms with Crippen LogP contribution in [0.4, 0.5) is 10.1 Å². The van der Waals surface area contributed by atoms with Gasteiger partial charge >= 0.3 is 0 Å². The van der Waals surface area contributed by atoms with E-state index in [-0.39, 0.29) is 27.7 Å². The van der Waals surface area contributed by atoms with E-state index >= 15 is 0 Å². The summed E-state index contributed by atoms with van der Waals surface area (Å²) >= 11 is 13.3. The Morgan fingerprint density at radius 1 is 1.47 bits per heavy atom. The monoisotopic (exact) mass is 294 g/mol. The van der Waals surface area contributed by atoms with Gasteiger partial charge in [-0.05, 0) is 12.1 Å². The molecule has 0 aromatic heterocycles. The molecule has 1 amide bonds. The standard InChI is InChI=1S/C10H9Cl2FN2OS/c11-6-1-5(13)2-7(12)9(6)15-10(16)8-3-17-4-14-8/h1-2,8,14H,3-4H2,(H,15,16). The van der Waals surface area contributed by atoms with Gasteiger partial charge in [0.2, 0.25) is 5.91 Å². The summed E-state index contributed by atoms with van der Waals surface area (Å²) in [4.78, 5) is 11.8. The third kappa shape index (κ3) is 3.04. The zero-order valence-corrected chi connectivity index (χ0v) is 10.9. The second-order valence-electron chi connectivity index (χ2n) is 3.51. The topological polar surface area (TPSA) is 41.1 Å². The summed E-state index contributed by atoms with van der Waals surface area (Å²) in [6.45, 7) is 0. The molecule has 2 N–H and O–H groups in total. The molecule has 17 heavy (non-hydrogen) atoms. The molecular weight excluding hydrogens is 286 g/mol. The number of benzene rings is 1. The first-order valence-corrected chi connectivity index (χ1v) is 6.75. The number of hydrogen-bond donors (Lipinski definition) is 2. The normalized spacial score (nSPS) is 19.4. The smallest absolute Gasteiger partial charge is 0.242 e. The van der Waals surface area contributed by atoms with E-state index in [1.54, 1.807) is 11.8 Å². The number of anilines is 1. The Labute approximate surface area is 112 Å². The molecule has 2 rings (SSSR count). The van der Waals surface area contributed by atoms with Crippen LogP contribution in [-0.2, 0) is 4.79 Å². The summed E-state index contributed by atoms with van der Waals surface area (Å²) in [6.07, 6.45) is 0. The molecule has 0 saturated carbocycles. The Balaban J connectivity index is 2.15. The van der Waals surface area contributed by atoms with Gasteiger partial charge in [0.1, 0.15) is 5.82 Å². The van der Waals surface area contributed by atoms with Crippen LogP contribution in [0.1, 0.15) is 0 Å². The Kier molecular flexibility index (Phi) is 4.14. The number of hydrogen-bond acceptors (Lipinski definition) is 3. The summed E-state index contributed by atoms with van der Waals surface area (Å²) in [5.74, 6) is 0.684. The van der Waals surface area contributed by atoms with Crippen LogP contribution in [0.3, 0.4) is 0 Å². The van der Waals surface area contributed by atoms with Gasteiger partial charge in [0, 0.05) is 11.6 Å². The Bertz CT molecular complexity index is 429. The van der Waals surface area contributed by atoms with E-state index in [0.29, 0.717) is 5.75 Å². The second kappa shape index (κ2) is 5.44. The van der Waals surface area contributed by atoms with Crippen molar-refractivity contribution in [2.24, 2.45) is 0 Å². The van der Waals surface area contributed by atoms with E-state index in [2.05, 4.69) is 10.6 Å². The molecule has 1 aromatic rings. The fourth-order valence-corrected chi connectivity index (χ4v) is 2.93. The van der Waals surface area contributed by atoms with Crippen molar-refractivity contribution < 1.29 is 9.18 Å². The number of carbonyl (C=O) groups excluding carboxylic acids is 1. The highest BCUT2D eigenvalue weighted by molar-refractivity contribution is 7.99. The highest BCUT2D eigenvalue weighted by Crippen LogP contribution is 2.31. The maximum Gasteiger partial charge on any atom is 0.242 e. The summed E-state index contributed by atoms with van der Waals surface area (Å²) < 4.78 is 12.9. The van der Waals surface area contributed by atoms with Gasteiger partial charge in [-0.1, -0.05) is 23.2 Å². The largest absolute Gasteiger partial charge is 0.322 e. The predicted molar refractivity (Wildman–Crippen MR) is 69.3 cm³/mol. The van der Waals surface area contributed by atoms with Crippen molar-refractivity contribution in [1.29, 1.82) is 0 Å². The van der Waals surface area contributed by atoms with Crippen LogP contribution in [0.25, 0.3) is 0 Å². The molecule has 1 fully saturated rings. The third-order valence-electron chi connectivity index (χ3n) is 2.29. The minimum atomic E-state index is -0.535. The Morgan fingerprint density at radius 3 is 2.65 bits per heavy atom. The van der Waals surface area contributed by atoms with Gasteiger partial charge in [-0.3, -0.25) is 10.1 Å². The van der Waals surface area contributed by atoms with Gasteiger partial charge in [-0.25, -0.2) is 4.39 Å². The lowest BCUT2D eigenvalue weighted by molar-refractivity contribution is -0.117. The van der Waals surface area contributed by atoms with E-state index < -0.39 is 5.82 Å². The van der Waals surface area contributed by atoms with Gasteiger partial charge in [0.15, 0.2) is 0 Å². The molecule has 0 spiro atoms. The highest BCUT2D eigenvalue weighted by Gasteiger charge is 2.23. The summed E-state index contributed by atoms with van der Waals surface area (Å²) in [5.41, 5.74) is 0.249.